The maximum absolute atomic E-state index is 5.18. The van der Waals surface area contributed by atoms with Gasteiger partial charge in [-0.15, -0.1) is 11.3 Å². The van der Waals surface area contributed by atoms with Gasteiger partial charge in [0.15, 0.2) is 0 Å². The minimum Gasteiger partial charge on any atom is -0.383 e. The number of aryl methyl sites for hydroxylation is 1. The van der Waals surface area contributed by atoms with E-state index in [9.17, 15) is 0 Å². The van der Waals surface area contributed by atoms with Gasteiger partial charge in [-0.25, -0.2) is 4.98 Å². The standard InChI is InChI=1S/C11H20N2OS/c1-8(2)11(6-14-4)12-5-10-7-15-9(3)13-10/h7-8,11-12H,5-6H2,1-4H3. The van der Waals surface area contributed by atoms with E-state index < -0.39 is 0 Å². The highest BCUT2D eigenvalue weighted by Gasteiger charge is 2.12. The van der Waals surface area contributed by atoms with Gasteiger partial charge < -0.3 is 10.1 Å². The predicted octanol–water partition coefficient (Wildman–Crippen LogP) is 2.21. The molecule has 0 aliphatic carbocycles. The zero-order chi connectivity index (χ0) is 11.3. The van der Waals surface area contributed by atoms with E-state index in [1.165, 1.54) is 0 Å². The molecule has 0 radical (unpaired) electrons. The molecule has 1 aromatic heterocycles. The smallest absolute Gasteiger partial charge is 0.0897 e. The molecule has 15 heavy (non-hydrogen) atoms. The number of ether oxygens (including phenoxy) is 1. The number of hydrogen-bond donors (Lipinski definition) is 1. The molecule has 0 saturated carbocycles. The second kappa shape index (κ2) is 6.20. The van der Waals surface area contributed by atoms with Gasteiger partial charge in [0.05, 0.1) is 17.3 Å². The van der Waals surface area contributed by atoms with Crippen molar-refractivity contribution in [3.05, 3.63) is 16.1 Å². The van der Waals surface area contributed by atoms with Crippen LogP contribution in [0.5, 0.6) is 0 Å². The minimum atomic E-state index is 0.400. The summed E-state index contributed by atoms with van der Waals surface area (Å²) < 4.78 is 5.18. The SMILES string of the molecule is COCC(NCc1csc(C)n1)C(C)C. The number of nitrogens with one attached hydrogen (secondary N) is 1. The summed E-state index contributed by atoms with van der Waals surface area (Å²) in [5.74, 6) is 0.574. The van der Waals surface area contributed by atoms with Crippen LogP contribution in [0, 0.1) is 12.8 Å². The van der Waals surface area contributed by atoms with Crippen molar-refractivity contribution in [2.24, 2.45) is 5.92 Å². The number of rotatable bonds is 6. The van der Waals surface area contributed by atoms with Gasteiger partial charge in [-0.1, -0.05) is 13.8 Å². The fraction of sp³-hybridized carbons (Fsp3) is 0.727. The van der Waals surface area contributed by atoms with Crippen molar-refractivity contribution < 1.29 is 4.74 Å². The van der Waals surface area contributed by atoms with Crippen LogP contribution in [0.2, 0.25) is 0 Å². The molecule has 0 spiro atoms. The second-order valence-electron chi connectivity index (χ2n) is 4.04. The molecule has 0 aliphatic rings. The van der Waals surface area contributed by atoms with Gasteiger partial charge in [0.2, 0.25) is 0 Å². The van der Waals surface area contributed by atoms with Crippen LogP contribution in [0.3, 0.4) is 0 Å². The van der Waals surface area contributed by atoms with Crippen LogP contribution in [0.25, 0.3) is 0 Å². The van der Waals surface area contributed by atoms with Crippen LogP contribution < -0.4 is 5.32 Å². The number of thiazole rings is 1. The van der Waals surface area contributed by atoms with Crippen molar-refractivity contribution in [1.82, 2.24) is 10.3 Å². The highest BCUT2D eigenvalue weighted by molar-refractivity contribution is 7.09. The highest BCUT2D eigenvalue weighted by atomic mass is 32.1. The molecule has 0 saturated heterocycles. The van der Waals surface area contributed by atoms with Crippen LogP contribution in [-0.2, 0) is 11.3 Å². The Morgan fingerprint density at radius 2 is 2.27 bits per heavy atom. The molecule has 0 amide bonds. The molecular formula is C11H20N2OS. The molecule has 1 heterocycles. The molecule has 4 heteroatoms. The van der Waals surface area contributed by atoms with E-state index in [0.717, 1.165) is 23.9 Å². The lowest BCUT2D eigenvalue weighted by atomic mass is 10.1. The van der Waals surface area contributed by atoms with Gasteiger partial charge in [-0.2, -0.15) is 0 Å². The molecule has 0 aromatic carbocycles. The number of hydrogen-bond acceptors (Lipinski definition) is 4. The summed E-state index contributed by atoms with van der Waals surface area (Å²) in [6.45, 7) is 8.01. The topological polar surface area (TPSA) is 34.1 Å². The Hall–Kier alpha value is -0.450. The summed E-state index contributed by atoms with van der Waals surface area (Å²) in [5.41, 5.74) is 1.12. The van der Waals surface area contributed by atoms with E-state index in [1.807, 2.05) is 6.92 Å². The van der Waals surface area contributed by atoms with Crippen LogP contribution >= 0.6 is 11.3 Å². The van der Waals surface area contributed by atoms with Gasteiger partial charge >= 0.3 is 0 Å². The Morgan fingerprint density at radius 1 is 1.53 bits per heavy atom. The van der Waals surface area contributed by atoms with Crippen LogP contribution in [0.4, 0.5) is 0 Å². The van der Waals surface area contributed by atoms with Gasteiger partial charge in [0.25, 0.3) is 0 Å². The molecule has 1 N–H and O–H groups in total. The Morgan fingerprint density at radius 3 is 2.73 bits per heavy atom. The van der Waals surface area contributed by atoms with Crippen LogP contribution in [0.15, 0.2) is 5.38 Å². The summed E-state index contributed by atoms with van der Waals surface area (Å²) in [6.07, 6.45) is 0. The van der Waals surface area contributed by atoms with E-state index in [2.05, 4.69) is 29.5 Å². The van der Waals surface area contributed by atoms with Crippen molar-refractivity contribution in [2.45, 2.75) is 33.4 Å². The quantitative estimate of drug-likeness (QED) is 0.810. The first-order valence-corrected chi connectivity index (χ1v) is 6.14. The van der Waals surface area contributed by atoms with Crippen molar-refractivity contribution in [2.75, 3.05) is 13.7 Å². The molecule has 0 bridgehead atoms. The molecule has 1 unspecified atom stereocenters. The molecule has 1 rings (SSSR count). The van der Waals surface area contributed by atoms with E-state index in [0.29, 0.717) is 12.0 Å². The maximum Gasteiger partial charge on any atom is 0.0897 e. The van der Waals surface area contributed by atoms with Gasteiger partial charge in [-0.05, 0) is 12.8 Å². The molecule has 0 fully saturated rings. The second-order valence-corrected chi connectivity index (χ2v) is 5.11. The lowest BCUT2D eigenvalue weighted by Gasteiger charge is -2.20. The Balaban J connectivity index is 2.39. The number of methoxy groups -OCH3 is 1. The summed E-state index contributed by atoms with van der Waals surface area (Å²) in [7, 11) is 1.74. The van der Waals surface area contributed by atoms with Crippen LogP contribution in [0.1, 0.15) is 24.5 Å². The molecule has 86 valence electrons. The number of aromatic nitrogens is 1. The normalized spacial score (nSPS) is 13.4. The number of nitrogens with zero attached hydrogens (tertiary/aromatic N) is 1. The summed E-state index contributed by atoms with van der Waals surface area (Å²) in [6, 6.07) is 0.400. The van der Waals surface area contributed by atoms with E-state index in [-0.39, 0.29) is 0 Å². The van der Waals surface area contributed by atoms with Crippen molar-refractivity contribution in [1.29, 1.82) is 0 Å². The minimum absolute atomic E-state index is 0.400. The Kier molecular flexibility index (Phi) is 5.22. The Bertz CT molecular complexity index is 286. The third-order valence-corrected chi connectivity index (χ3v) is 3.19. The van der Waals surface area contributed by atoms with Gasteiger partial charge in [-0.3, -0.25) is 0 Å². The average Bonchev–Trinajstić information content (AvgIpc) is 2.58. The molecule has 0 aliphatic heterocycles. The molecule has 1 atom stereocenters. The summed E-state index contributed by atoms with van der Waals surface area (Å²) in [4.78, 5) is 4.42. The van der Waals surface area contributed by atoms with E-state index >= 15 is 0 Å². The van der Waals surface area contributed by atoms with Gasteiger partial charge in [0.1, 0.15) is 0 Å². The maximum atomic E-state index is 5.18. The third kappa shape index (κ3) is 4.28. The monoisotopic (exact) mass is 228 g/mol. The zero-order valence-corrected chi connectivity index (χ0v) is 10.7. The zero-order valence-electron chi connectivity index (χ0n) is 9.91. The lowest BCUT2D eigenvalue weighted by molar-refractivity contribution is 0.146. The molecular weight excluding hydrogens is 208 g/mol. The lowest BCUT2D eigenvalue weighted by Crippen LogP contribution is -2.37. The van der Waals surface area contributed by atoms with E-state index in [4.69, 9.17) is 4.74 Å². The van der Waals surface area contributed by atoms with Gasteiger partial charge in [0, 0.05) is 25.1 Å². The van der Waals surface area contributed by atoms with Crippen molar-refractivity contribution in [3.63, 3.8) is 0 Å². The Labute approximate surface area is 95.9 Å². The van der Waals surface area contributed by atoms with Crippen molar-refractivity contribution >= 4 is 11.3 Å². The third-order valence-electron chi connectivity index (χ3n) is 2.36. The van der Waals surface area contributed by atoms with E-state index in [1.54, 1.807) is 18.4 Å². The molecule has 3 nitrogen and oxygen atoms in total. The summed E-state index contributed by atoms with van der Waals surface area (Å²) in [5, 5.41) is 6.70. The first-order valence-electron chi connectivity index (χ1n) is 5.26. The average molecular weight is 228 g/mol. The first kappa shape index (κ1) is 12.6. The summed E-state index contributed by atoms with van der Waals surface area (Å²) >= 11 is 1.70. The first-order chi connectivity index (χ1) is 7.13. The highest BCUT2D eigenvalue weighted by Crippen LogP contribution is 2.09. The molecule has 1 aromatic rings. The largest absolute Gasteiger partial charge is 0.383 e. The van der Waals surface area contributed by atoms with Crippen molar-refractivity contribution in [3.8, 4) is 0 Å². The van der Waals surface area contributed by atoms with Crippen LogP contribution in [-0.4, -0.2) is 24.7 Å². The fourth-order valence-corrected chi connectivity index (χ4v) is 2.00. The predicted molar refractivity (Wildman–Crippen MR) is 64.2 cm³/mol. The fourth-order valence-electron chi connectivity index (χ4n) is 1.39.